The first-order valence-corrected chi connectivity index (χ1v) is 7.59. The van der Waals surface area contributed by atoms with E-state index in [-0.39, 0.29) is 17.6 Å². The first-order chi connectivity index (χ1) is 9.75. The third kappa shape index (κ3) is 4.80. The molecule has 1 fully saturated rings. The normalized spacial score (nSPS) is 15.8. The van der Waals surface area contributed by atoms with E-state index >= 15 is 0 Å². The van der Waals surface area contributed by atoms with Gasteiger partial charge in [0.1, 0.15) is 5.78 Å². The van der Waals surface area contributed by atoms with E-state index in [1.54, 1.807) is 0 Å². The van der Waals surface area contributed by atoms with E-state index in [0.717, 1.165) is 31.2 Å². The second kappa shape index (κ2) is 7.83. The minimum atomic E-state index is -0.0296. The zero-order valence-corrected chi connectivity index (χ0v) is 11.9. The largest absolute Gasteiger partial charge is 0.352 e. The lowest BCUT2D eigenvalue weighted by atomic mass is 9.85. The number of ketones is 1. The van der Waals surface area contributed by atoms with Crippen molar-refractivity contribution in [2.24, 2.45) is 5.92 Å². The molecule has 3 heteroatoms. The molecule has 0 aromatic heterocycles. The SMILES string of the molecule is O=C(CCC(=O)C1CCCCC1)NCc1ccccc1. The zero-order chi connectivity index (χ0) is 14.2. The van der Waals surface area contributed by atoms with Crippen molar-refractivity contribution in [1.82, 2.24) is 5.32 Å². The third-order valence-corrected chi connectivity index (χ3v) is 3.99. The van der Waals surface area contributed by atoms with Gasteiger partial charge in [-0.05, 0) is 18.4 Å². The maximum Gasteiger partial charge on any atom is 0.220 e. The molecule has 0 aliphatic heterocycles. The lowest BCUT2D eigenvalue weighted by Crippen LogP contribution is -2.25. The van der Waals surface area contributed by atoms with Crippen LogP contribution in [0.2, 0.25) is 0 Å². The predicted molar refractivity (Wildman–Crippen MR) is 79.1 cm³/mol. The molecule has 1 N–H and O–H groups in total. The Morgan fingerprint density at radius 1 is 1.00 bits per heavy atom. The van der Waals surface area contributed by atoms with Crippen LogP contribution in [0.5, 0.6) is 0 Å². The molecule has 0 radical (unpaired) electrons. The van der Waals surface area contributed by atoms with E-state index in [4.69, 9.17) is 0 Å². The van der Waals surface area contributed by atoms with E-state index < -0.39 is 0 Å². The summed E-state index contributed by atoms with van der Waals surface area (Å²) in [6, 6.07) is 9.82. The van der Waals surface area contributed by atoms with Crippen molar-refractivity contribution in [2.45, 2.75) is 51.5 Å². The van der Waals surface area contributed by atoms with Gasteiger partial charge in [-0.25, -0.2) is 0 Å². The van der Waals surface area contributed by atoms with Gasteiger partial charge in [0, 0.05) is 25.3 Å². The van der Waals surface area contributed by atoms with Gasteiger partial charge in [-0.3, -0.25) is 9.59 Å². The smallest absolute Gasteiger partial charge is 0.220 e. The molecule has 20 heavy (non-hydrogen) atoms. The molecule has 1 aromatic rings. The fourth-order valence-corrected chi connectivity index (χ4v) is 2.75. The zero-order valence-electron chi connectivity index (χ0n) is 11.9. The lowest BCUT2D eigenvalue weighted by molar-refractivity contribution is -0.128. The Kier molecular flexibility index (Phi) is 5.78. The average molecular weight is 273 g/mol. The number of rotatable bonds is 6. The van der Waals surface area contributed by atoms with Crippen molar-refractivity contribution in [1.29, 1.82) is 0 Å². The highest BCUT2D eigenvalue weighted by molar-refractivity contribution is 5.86. The van der Waals surface area contributed by atoms with Gasteiger partial charge >= 0.3 is 0 Å². The highest BCUT2D eigenvalue weighted by atomic mass is 16.2. The van der Waals surface area contributed by atoms with Crippen LogP contribution in [0.15, 0.2) is 30.3 Å². The molecule has 0 heterocycles. The minimum absolute atomic E-state index is 0.0296. The number of hydrogen-bond acceptors (Lipinski definition) is 2. The maximum absolute atomic E-state index is 12.0. The Hall–Kier alpha value is -1.64. The summed E-state index contributed by atoms with van der Waals surface area (Å²) in [4.78, 5) is 23.7. The highest BCUT2D eigenvalue weighted by Crippen LogP contribution is 2.25. The van der Waals surface area contributed by atoms with Crippen molar-refractivity contribution < 1.29 is 9.59 Å². The van der Waals surface area contributed by atoms with Crippen LogP contribution in [0.25, 0.3) is 0 Å². The summed E-state index contributed by atoms with van der Waals surface area (Å²) < 4.78 is 0. The molecule has 0 spiro atoms. The number of nitrogens with one attached hydrogen (secondary N) is 1. The van der Waals surface area contributed by atoms with Gasteiger partial charge in [0.15, 0.2) is 0 Å². The molecular formula is C17H23NO2. The van der Waals surface area contributed by atoms with E-state index in [1.807, 2.05) is 30.3 Å². The number of benzene rings is 1. The molecule has 3 nitrogen and oxygen atoms in total. The molecule has 1 amide bonds. The molecule has 0 saturated heterocycles. The molecule has 108 valence electrons. The van der Waals surface area contributed by atoms with Crippen LogP contribution in [0.3, 0.4) is 0 Å². The molecule has 0 atom stereocenters. The summed E-state index contributed by atoms with van der Waals surface area (Å²) in [7, 11) is 0. The van der Waals surface area contributed by atoms with Crippen LogP contribution in [0, 0.1) is 5.92 Å². The quantitative estimate of drug-likeness (QED) is 0.865. The Labute approximate surface area is 120 Å². The third-order valence-electron chi connectivity index (χ3n) is 3.99. The van der Waals surface area contributed by atoms with Crippen LogP contribution in [0.4, 0.5) is 0 Å². The molecule has 1 aliphatic rings. The maximum atomic E-state index is 12.0. The molecule has 0 unspecified atom stereocenters. The molecule has 1 saturated carbocycles. The molecule has 0 bridgehead atoms. The van der Waals surface area contributed by atoms with Crippen molar-refractivity contribution in [3.63, 3.8) is 0 Å². The first kappa shape index (κ1) is 14.8. The van der Waals surface area contributed by atoms with E-state index in [1.165, 1.54) is 6.42 Å². The van der Waals surface area contributed by atoms with Crippen LogP contribution in [0.1, 0.15) is 50.5 Å². The fourth-order valence-electron chi connectivity index (χ4n) is 2.75. The Bertz CT molecular complexity index is 436. The summed E-state index contributed by atoms with van der Waals surface area (Å²) in [5.74, 6) is 0.461. The number of amides is 1. The molecule has 2 rings (SSSR count). The second-order valence-electron chi connectivity index (χ2n) is 5.56. The molecular weight excluding hydrogens is 250 g/mol. The Balaban J connectivity index is 1.65. The van der Waals surface area contributed by atoms with E-state index in [9.17, 15) is 9.59 Å². The second-order valence-corrected chi connectivity index (χ2v) is 5.56. The molecule has 1 aromatic carbocycles. The Morgan fingerprint density at radius 2 is 1.70 bits per heavy atom. The van der Waals surface area contributed by atoms with Gasteiger partial charge in [0.05, 0.1) is 0 Å². The van der Waals surface area contributed by atoms with E-state index in [2.05, 4.69) is 5.32 Å². The number of Topliss-reactive ketones (excluding diaryl/α,β-unsaturated/α-hetero) is 1. The van der Waals surface area contributed by atoms with Gasteiger partial charge in [-0.1, -0.05) is 49.6 Å². The van der Waals surface area contributed by atoms with Gasteiger partial charge in [-0.2, -0.15) is 0 Å². The Morgan fingerprint density at radius 3 is 2.40 bits per heavy atom. The number of carbonyl (C=O) groups excluding carboxylic acids is 2. The number of hydrogen-bond donors (Lipinski definition) is 1. The van der Waals surface area contributed by atoms with Gasteiger partial charge in [-0.15, -0.1) is 0 Å². The summed E-state index contributed by atoms with van der Waals surface area (Å²) in [6.45, 7) is 0.539. The van der Waals surface area contributed by atoms with Crippen molar-refractivity contribution in [3.05, 3.63) is 35.9 Å². The predicted octanol–water partition coefficient (Wildman–Crippen LogP) is 3.23. The standard InChI is InChI=1S/C17H23NO2/c19-16(15-9-5-2-6-10-15)11-12-17(20)18-13-14-7-3-1-4-8-14/h1,3-4,7-8,15H,2,5-6,9-13H2,(H,18,20). The average Bonchev–Trinajstić information content (AvgIpc) is 2.52. The number of carbonyl (C=O) groups is 2. The summed E-state index contributed by atoms with van der Waals surface area (Å²) in [5, 5.41) is 2.87. The van der Waals surface area contributed by atoms with Crippen molar-refractivity contribution in [2.75, 3.05) is 0 Å². The summed E-state index contributed by atoms with van der Waals surface area (Å²) in [6.07, 6.45) is 6.33. The van der Waals surface area contributed by atoms with E-state index in [0.29, 0.717) is 19.4 Å². The van der Waals surface area contributed by atoms with Crippen LogP contribution >= 0.6 is 0 Å². The minimum Gasteiger partial charge on any atom is -0.352 e. The van der Waals surface area contributed by atoms with Crippen LogP contribution < -0.4 is 5.32 Å². The van der Waals surface area contributed by atoms with Gasteiger partial charge in [0.25, 0.3) is 0 Å². The van der Waals surface area contributed by atoms with Gasteiger partial charge < -0.3 is 5.32 Å². The van der Waals surface area contributed by atoms with Crippen molar-refractivity contribution in [3.8, 4) is 0 Å². The summed E-state index contributed by atoms with van der Waals surface area (Å²) in [5.41, 5.74) is 1.08. The first-order valence-electron chi connectivity index (χ1n) is 7.59. The fraction of sp³-hybridized carbons (Fsp3) is 0.529. The van der Waals surface area contributed by atoms with Crippen molar-refractivity contribution >= 4 is 11.7 Å². The van der Waals surface area contributed by atoms with Crippen LogP contribution in [-0.4, -0.2) is 11.7 Å². The highest BCUT2D eigenvalue weighted by Gasteiger charge is 2.21. The van der Waals surface area contributed by atoms with Gasteiger partial charge in [0.2, 0.25) is 5.91 Å². The lowest BCUT2D eigenvalue weighted by Gasteiger charge is -2.20. The topological polar surface area (TPSA) is 46.2 Å². The van der Waals surface area contributed by atoms with Crippen LogP contribution in [-0.2, 0) is 16.1 Å². The monoisotopic (exact) mass is 273 g/mol. The molecule has 1 aliphatic carbocycles. The summed E-state index contributed by atoms with van der Waals surface area (Å²) >= 11 is 0.